The number of likely N-dealkylation sites (tertiary alicyclic amines) is 1. The summed E-state index contributed by atoms with van der Waals surface area (Å²) in [5.74, 6) is 0.443. The lowest BCUT2D eigenvalue weighted by molar-refractivity contribution is 0.167. The van der Waals surface area contributed by atoms with Crippen molar-refractivity contribution in [2.24, 2.45) is 5.92 Å². The summed E-state index contributed by atoms with van der Waals surface area (Å²) in [7, 11) is 2.00. The highest BCUT2D eigenvalue weighted by Gasteiger charge is 2.19. The van der Waals surface area contributed by atoms with Gasteiger partial charge in [-0.15, -0.1) is 12.4 Å². The minimum atomic E-state index is -0.268. The summed E-state index contributed by atoms with van der Waals surface area (Å²) >= 11 is 6.07. The highest BCUT2D eigenvalue weighted by molar-refractivity contribution is 6.31. The molecule has 1 N–H and O–H groups in total. The zero-order valence-corrected chi connectivity index (χ0v) is 12.7. The Balaban J connectivity index is 0.00000180. The van der Waals surface area contributed by atoms with E-state index in [4.69, 9.17) is 11.6 Å². The maximum Gasteiger partial charge on any atom is 0.124 e. The number of piperidine rings is 1. The molecule has 5 heteroatoms. The van der Waals surface area contributed by atoms with E-state index in [0.717, 1.165) is 31.7 Å². The van der Waals surface area contributed by atoms with Crippen molar-refractivity contribution in [3.8, 4) is 0 Å². The highest BCUT2D eigenvalue weighted by Crippen LogP contribution is 2.22. The minimum absolute atomic E-state index is 0. The van der Waals surface area contributed by atoms with E-state index in [1.165, 1.54) is 25.0 Å². The molecule has 1 aliphatic rings. The van der Waals surface area contributed by atoms with Crippen LogP contribution in [-0.4, -0.2) is 31.6 Å². The third kappa shape index (κ3) is 4.92. The fraction of sp³-hybridized carbons (Fsp3) is 0.571. The Morgan fingerprint density at radius 1 is 1.47 bits per heavy atom. The lowest BCUT2D eigenvalue weighted by Crippen LogP contribution is -2.38. The van der Waals surface area contributed by atoms with Crippen molar-refractivity contribution < 1.29 is 4.39 Å². The minimum Gasteiger partial charge on any atom is -0.319 e. The van der Waals surface area contributed by atoms with E-state index in [0.29, 0.717) is 10.9 Å². The van der Waals surface area contributed by atoms with Crippen LogP contribution in [0.1, 0.15) is 18.4 Å². The molecule has 0 aromatic heterocycles. The Labute approximate surface area is 125 Å². The van der Waals surface area contributed by atoms with Gasteiger partial charge in [0.05, 0.1) is 0 Å². The number of benzene rings is 1. The Morgan fingerprint density at radius 2 is 2.26 bits per heavy atom. The summed E-state index contributed by atoms with van der Waals surface area (Å²) in [6, 6.07) is 4.67. The van der Waals surface area contributed by atoms with Crippen molar-refractivity contribution in [3.05, 3.63) is 34.6 Å². The maximum absolute atomic E-state index is 13.0. The quantitative estimate of drug-likeness (QED) is 0.918. The average molecular weight is 307 g/mol. The number of hydrogen-bond acceptors (Lipinski definition) is 2. The molecular weight excluding hydrogens is 286 g/mol. The molecule has 2 rings (SSSR count). The number of nitrogens with one attached hydrogen (secondary N) is 1. The van der Waals surface area contributed by atoms with Crippen molar-refractivity contribution >= 4 is 24.0 Å². The van der Waals surface area contributed by atoms with Crippen LogP contribution in [0, 0.1) is 11.7 Å². The molecule has 1 saturated heterocycles. The van der Waals surface area contributed by atoms with Gasteiger partial charge >= 0.3 is 0 Å². The molecule has 0 saturated carbocycles. The normalized spacial score (nSPS) is 20.1. The summed E-state index contributed by atoms with van der Waals surface area (Å²) in [6.45, 7) is 4.08. The van der Waals surface area contributed by atoms with Crippen LogP contribution in [0.3, 0.4) is 0 Å². The van der Waals surface area contributed by atoms with Crippen LogP contribution < -0.4 is 5.32 Å². The standard InChI is InChI=1S/C14H20ClFN2.ClH/c1-17-8-11-3-2-6-18(9-11)10-12-4-5-13(16)7-14(12)15;/h4-5,7,11,17H,2-3,6,8-10H2,1H3;1H. The first kappa shape index (κ1) is 16.7. The molecule has 1 aromatic rings. The van der Waals surface area contributed by atoms with Gasteiger partial charge in [0.2, 0.25) is 0 Å². The van der Waals surface area contributed by atoms with Gasteiger partial charge in [-0.05, 0) is 56.6 Å². The van der Waals surface area contributed by atoms with E-state index in [-0.39, 0.29) is 18.2 Å². The van der Waals surface area contributed by atoms with E-state index < -0.39 is 0 Å². The lowest BCUT2D eigenvalue weighted by Gasteiger charge is -2.32. The first-order valence-electron chi connectivity index (χ1n) is 6.50. The van der Waals surface area contributed by atoms with Crippen molar-refractivity contribution in [1.29, 1.82) is 0 Å². The second-order valence-electron chi connectivity index (χ2n) is 5.04. The molecular formula is C14H21Cl2FN2. The Kier molecular flexibility index (Phi) is 7.08. The van der Waals surface area contributed by atoms with Crippen molar-refractivity contribution in [2.75, 3.05) is 26.7 Å². The number of nitrogens with zero attached hydrogens (tertiary/aromatic N) is 1. The Morgan fingerprint density at radius 3 is 2.95 bits per heavy atom. The smallest absolute Gasteiger partial charge is 0.124 e. The highest BCUT2D eigenvalue weighted by atomic mass is 35.5. The third-order valence-corrected chi connectivity index (χ3v) is 3.86. The van der Waals surface area contributed by atoms with Gasteiger partial charge < -0.3 is 5.32 Å². The second kappa shape index (κ2) is 8.05. The van der Waals surface area contributed by atoms with Gasteiger partial charge in [0.25, 0.3) is 0 Å². The summed E-state index contributed by atoms with van der Waals surface area (Å²) in [5.41, 5.74) is 1.02. The van der Waals surface area contributed by atoms with Gasteiger partial charge in [-0.2, -0.15) is 0 Å². The zero-order chi connectivity index (χ0) is 13.0. The van der Waals surface area contributed by atoms with E-state index in [1.807, 2.05) is 7.05 Å². The molecule has 19 heavy (non-hydrogen) atoms. The number of hydrogen-bond donors (Lipinski definition) is 1. The average Bonchev–Trinajstić information content (AvgIpc) is 2.34. The largest absolute Gasteiger partial charge is 0.319 e. The summed E-state index contributed by atoms with van der Waals surface area (Å²) in [6.07, 6.45) is 2.51. The molecule has 0 amide bonds. The SMILES string of the molecule is CNCC1CCCN(Cc2ccc(F)cc2Cl)C1.Cl. The van der Waals surface area contributed by atoms with Crippen LogP contribution in [0.15, 0.2) is 18.2 Å². The van der Waals surface area contributed by atoms with Gasteiger partial charge in [-0.1, -0.05) is 17.7 Å². The molecule has 0 radical (unpaired) electrons. The molecule has 0 aliphatic carbocycles. The molecule has 108 valence electrons. The van der Waals surface area contributed by atoms with Gasteiger partial charge in [0.1, 0.15) is 5.82 Å². The topological polar surface area (TPSA) is 15.3 Å². The first-order valence-corrected chi connectivity index (χ1v) is 6.87. The fourth-order valence-electron chi connectivity index (χ4n) is 2.64. The van der Waals surface area contributed by atoms with Gasteiger partial charge in [0, 0.05) is 18.1 Å². The number of rotatable bonds is 4. The van der Waals surface area contributed by atoms with Gasteiger partial charge in [-0.25, -0.2) is 4.39 Å². The Hall–Kier alpha value is -0.350. The van der Waals surface area contributed by atoms with Crippen molar-refractivity contribution in [1.82, 2.24) is 10.2 Å². The summed E-state index contributed by atoms with van der Waals surface area (Å²) in [4.78, 5) is 2.41. The molecule has 1 unspecified atom stereocenters. The molecule has 1 fully saturated rings. The van der Waals surface area contributed by atoms with E-state index in [1.54, 1.807) is 6.07 Å². The van der Waals surface area contributed by atoms with E-state index in [9.17, 15) is 4.39 Å². The first-order chi connectivity index (χ1) is 8.69. The molecule has 2 nitrogen and oxygen atoms in total. The summed E-state index contributed by atoms with van der Waals surface area (Å²) in [5, 5.41) is 3.77. The van der Waals surface area contributed by atoms with Gasteiger partial charge in [-0.3, -0.25) is 4.90 Å². The summed E-state index contributed by atoms with van der Waals surface area (Å²) < 4.78 is 13.0. The predicted octanol–water partition coefficient (Wildman–Crippen LogP) is 3.33. The molecule has 0 spiro atoms. The second-order valence-corrected chi connectivity index (χ2v) is 5.44. The van der Waals surface area contributed by atoms with Crippen LogP contribution >= 0.6 is 24.0 Å². The number of halogens is 3. The van der Waals surface area contributed by atoms with E-state index >= 15 is 0 Å². The van der Waals surface area contributed by atoms with Crippen LogP contribution in [-0.2, 0) is 6.54 Å². The van der Waals surface area contributed by atoms with Crippen LogP contribution in [0.2, 0.25) is 5.02 Å². The Bertz CT molecular complexity index is 399. The zero-order valence-electron chi connectivity index (χ0n) is 11.2. The molecule has 1 aliphatic heterocycles. The van der Waals surface area contributed by atoms with Crippen molar-refractivity contribution in [2.45, 2.75) is 19.4 Å². The van der Waals surface area contributed by atoms with Crippen LogP contribution in [0.25, 0.3) is 0 Å². The molecule has 1 aromatic carbocycles. The third-order valence-electron chi connectivity index (χ3n) is 3.50. The van der Waals surface area contributed by atoms with Crippen LogP contribution in [0.5, 0.6) is 0 Å². The predicted molar refractivity (Wildman–Crippen MR) is 80.6 cm³/mol. The lowest BCUT2D eigenvalue weighted by atomic mass is 9.97. The molecule has 1 atom stereocenters. The maximum atomic E-state index is 13.0. The fourth-order valence-corrected chi connectivity index (χ4v) is 2.87. The van der Waals surface area contributed by atoms with Crippen molar-refractivity contribution in [3.63, 3.8) is 0 Å². The van der Waals surface area contributed by atoms with Gasteiger partial charge in [0.15, 0.2) is 0 Å². The molecule has 1 heterocycles. The molecule has 0 bridgehead atoms. The van der Waals surface area contributed by atoms with E-state index in [2.05, 4.69) is 10.2 Å². The monoisotopic (exact) mass is 306 g/mol. The van der Waals surface area contributed by atoms with Crippen LogP contribution in [0.4, 0.5) is 4.39 Å².